The van der Waals surface area contributed by atoms with Crippen LogP contribution in [0.2, 0.25) is 0 Å². The molecule has 2 aromatic carbocycles. The molecule has 0 bridgehead atoms. The summed E-state index contributed by atoms with van der Waals surface area (Å²) >= 11 is 0. The van der Waals surface area contributed by atoms with Gasteiger partial charge in [-0.2, -0.15) is 4.98 Å². The van der Waals surface area contributed by atoms with Gasteiger partial charge in [-0.3, -0.25) is 4.79 Å². The van der Waals surface area contributed by atoms with Crippen molar-refractivity contribution < 1.29 is 14.1 Å². The minimum atomic E-state index is 0.0227. The Morgan fingerprint density at radius 3 is 2.53 bits per heavy atom. The van der Waals surface area contributed by atoms with Crippen molar-refractivity contribution in [3.63, 3.8) is 0 Å². The number of rotatable bonds is 6. The molecule has 0 spiro atoms. The molecule has 1 aliphatic heterocycles. The van der Waals surface area contributed by atoms with E-state index in [9.17, 15) is 4.79 Å². The maximum Gasteiger partial charge on any atom is 0.246 e. The van der Waals surface area contributed by atoms with Gasteiger partial charge in [-0.05, 0) is 49.2 Å². The standard InChI is InChI=1S/C25H26N4O3/c1-31-22-5-3-2-4-18(22)10-13-23(30)29-16-14-28(15-17-29)21-11-8-19(9-12-21)24-26-25(32-27-24)20-6-7-20/h2-5,8-13,20H,6-7,14-17H2,1H3/b13-10+. The molecule has 32 heavy (non-hydrogen) atoms. The summed E-state index contributed by atoms with van der Waals surface area (Å²) in [4.78, 5) is 21.3. The fraction of sp³-hybridized carbons (Fsp3) is 0.320. The van der Waals surface area contributed by atoms with Gasteiger partial charge in [0.2, 0.25) is 17.6 Å². The van der Waals surface area contributed by atoms with Crippen molar-refractivity contribution in [2.24, 2.45) is 0 Å². The van der Waals surface area contributed by atoms with E-state index in [2.05, 4.69) is 27.2 Å². The lowest BCUT2D eigenvalue weighted by atomic mass is 10.1. The second-order valence-corrected chi connectivity index (χ2v) is 8.16. The highest BCUT2D eigenvalue weighted by Gasteiger charge is 2.29. The first-order chi connectivity index (χ1) is 15.7. The van der Waals surface area contributed by atoms with Gasteiger partial charge < -0.3 is 19.1 Å². The van der Waals surface area contributed by atoms with Crippen molar-refractivity contribution >= 4 is 17.7 Å². The number of methoxy groups -OCH3 is 1. The highest BCUT2D eigenvalue weighted by molar-refractivity contribution is 5.92. The quantitative estimate of drug-likeness (QED) is 0.551. The number of aromatic nitrogens is 2. The first-order valence-electron chi connectivity index (χ1n) is 11.0. The highest BCUT2D eigenvalue weighted by Crippen LogP contribution is 2.39. The summed E-state index contributed by atoms with van der Waals surface area (Å²) < 4.78 is 10.7. The summed E-state index contributed by atoms with van der Waals surface area (Å²) in [7, 11) is 1.63. The third-order valence-electron chi connectivity index (χ3n) is 5.99. The van der Waals surface area contributed by atoms with Crippen molar-refractivity contribution in [1.29, 1.82) is 0 Å². The van der Waals surface area contributed by atoms with E-state index in [4.69, 9.17) is 9.26 Å². The number of carbonyl (C=O) groups excluding carboxylic acids is 1. The van der Waals surface area contributed by atoms with E-state index in [1.807, 2.05) is 47.4 Å². The molecule has 0 atom stereocenters. The predicted molar refractivity (Wildman–Crippen MR) is 123 cm³/mol. The molecule has 0 unspecified atom stereocenters. The summed E-state index contributed by atoms with van der Waals surface area (Å²) in [5.74, 6) is 2.64. The largest absolute Gasteiger partial charge is 0.496 e. The molecule has 7 nitrogen and oxygen atoms in total. The molecular formula is C25H26N4O3. The van der Waals surface area contributed by atoms with Crippen LogP contribution in [0.25, 0.3) is 17.5 Å². The van der Waals surface area contributed by atoms with E-state index in [0.717, 1.165) is 54.4 Å². The molecule has 5 rings (SSSR count). The van der Waals surface area contributed by atoms with Gasteiger partial charge >= 0.3 is 0 Å². The molecule has 2 aliphatic rings. The number of hydrogen-bond acceptors (Lipinski definition) is 6. The monoisotopic (exact) mass is 430 g/mol. The van der Waals surface area contributed by atoms with Crippen LogP contribution in [-0.2, 0) is 4.79 Å². The fourth-order valence-electron chi connectivity index (χ4n) is 3.93. The molecule has 1 amide bonds. The van der Waals surface area contributed by atoms with Crippen molar-refractivity contribution in [3.05, 3.63) is 66.1 Å². The van der Waals surface area contributed by atoms with Crippen LogP contribution in [-0.4, -0.2) is 54.2 Å². The molecule has 3 aromatic rings. The summed E-state index contributed by atoms with van der Waals surface area (Å²) in [6.45, 7) is 2.96. The van der Waals surface area contributed by atoms with Crippen molar-refractivity contribution in [3.8, 4) is 17.1 Å². The number of piperazine rings is 1. The predicted octanol–water partition coefficient (Wildman–Crippen LogP) is 3.98. The molecule has 1 aromatic heterocycles. The van der Waals surface area contributed by atoms with Gasteiger partial charge in [0.1, 0.15) is 5.75 Å². The summed E-state index contributed by atoms with van der Waals surface area (Å²) in [6.07, 6.45) is 5.73. The lowest BCUT2D eigenvalue weighted by molar-refractivity contribution is -0.126. The minimum absolute atomic E-state index is 0.0227. The Hall–Kier alpha value is -3.61. The Balaban J connectivity index is 1.17. The molecule has 1 aliphatic carbocycles. The number of amides is 1. The first-order valence-corrected chi connectivity index (χ1v) is 11.0. The van der Waals surface area contributed by atoms with E-state index < -0.39 is 0 Å². The summed E-state index contributed by atoms with van der Waals surface area (Å²) in [6, 6.07) is 15.9. The third kappa shape index (κ3) is 4.37. The molecule has 0 N–H and O–H groups in total. The van der Waals surface area contributed by atoms with Crippen LogP contribution in [0.5, 0.6) is 5.75 Å². The SMILES string of the molecule is COc1ccccc1/C=C/C(=O)N1CCN(c2ccc(-c3noc(C4CC4)n3)cc2)CC1. The number of nitrogens with zero attached hydrogens (tertiary/aromatic N) is 4. The van der Waals surface area contributed by atoms with Crippen LogP contribution >= 0.6 is 0 Å². The zero-order valence-corrected chi connectivity index (χ0v) is 18.1. The normalized spacial score (nSPS) is 16.5. The fourth-order valence-corrected chi connectivity index (χ4v) is 3.93. The van der Waals surface area contributed by atoms with Gasteiger partial charge in [-0.15, -0.1) is 0 Å². The van der Waals surface area contributed by atoms with E-state index in [-0.39, 0.29) is 5.91 Å². The van der Waals surface area contributed by atoms with Crippen LogP contribution in [0.4, 0.5) is 5.69 Å². The van der Waals surface area contributed by atoms with Crippen molar-refractivity contribution in [2.45, 2.75) is 18.8 Å². The van der Waals surface area contributed by atoms with Crippen molar-refractivity contribution in [1.82, 2.24) is 15.0 Å². The Kier molecular flexibility index (Phi) is 5.62. The summed E-state index contributed by atoms with van der Waals surface area (Å²) in [5.41, 5.74) is 2.99. The lowest BCUT2D eigenvalue weighted by Gasteiger charge is -2.35. The molecule has 2 heterocycles. The van der Waals surface area contributed by atoms with Crippen LogP contribution in [0.1, 0.15) is 30.2 Å². The van der Waals surface area contributed by atoms with E-state index in [1.54, 1.807) is 13.2 Å². The summed E-state index contributed by atoms with van der Waals surface area (Å²) in [5, 5.41) is 4.11. The Bertz CT molecular complexity index is 1110. The van der Waals surface area contributed by atoms with Gasteiger partial charge in [0, 0.05) is 55.0 Å². The second kappa shape index (κ2) is 8.86. The molecule has 2 fully saturated rings. The van der Waals surface area contributed by atoms with E-state index in [0.29, 0.717) is 24.8 Å². The van der Waals surface area contributed by atoms with E-state index >= 15 is 0 Å². The average molecular weight is 431 g/mol. The van der Waals surface area contributed by atoms with Gasteiger partial charge in [0.05, 0.1) is 7.11 Å². The van der Waals surface area contributed by atoms with Gasteiger partial charge in [-0.25, -0.2) is 0 Å². The van der Waals surface area contributed by atoms with Crippen LogP contribution in [0, 0.1) is 0 Å². The Morgan fingerprint density at radius 1 is 1.06 bits per heavy atom. The molecule has 7 heteroatoms. The molecule has 0 radical (unpaired) electrons. The Morgan fingerprint density at radius 2 is 1.81 bits per heavy atom. The average Bonchev–Trinajstić information content (AvgIpc) is 3.59. The maximum absolute atomic E-state index is 12.6. The van der Waals surface area contributed by atoms with Gasteiger partial charge in [0.25, 0.3) is 0 Å². The number of benzene rings is 2. The number of carbonyl (C=O) groups is 1. The zero-order chi connectivity index (χ0) is 21.9. The highest BCUT2D eigenvalue weighted by atomic mass is 16.5. The maximum atomic E-state index is 12.6. The molecule has 1 saturated heterocycles. The molecular weight excluding hydrogens is 404 g/mol. The Labute approximate surface area is 187 Å². The third-order valence-corrected chi connectivity index (χ3v) is 5.99. The van der Waals surface area contributed by atoms with Gasteiger partial charge in [0.15, 0.2) is 0 Å². The zero-order valence-electron chi connectivity index (χ0n) is 18.1. The smallest absolute Gasteiger partial charge is 0.246 e. The lowest BCUT2D eigenvalue weighted by Crippen LogP contribution is -2.48. The number of hydrogen-bond donors (Lipinski definition) is 0. The molecule has 1 saturated carbocycles. The van der Waals surface area contributed by atoms with Crippen LogP contribution < -0.4 is 9.64 Å². The van der Waals surface area contributed by atoms with Gasteiger partial charge in [-0.1, -0.05) is 23.4 Å². The number of anilines is 1. The van der Waals surface area contributed by atoms with Crippen LogP contribution in [0.15, 0.2) is 59.1 Å². The first kappa shape index (κ1) is 20.3. The topological polar surface area (TPSA) is 71.7 Å². The van der Waals surface area contributed by atoms with Crippen molar-refractivity contribution in [2.75, 3.05) is 38.2 Å². The number of para-hydroxylation sites is 1. The van der Waals surface area contributed by atoms with E-state index in [1.165, 1.54) is 0 Å². The van der Waals surface area contributed by atoms with Crippen LogP contribution in [0.3, 0.4) is 0 Å². The number of ether oxygens (including phenoxy) is 1. The minimum Gasteiger partial charge on any atom is -0.496 e. The second-order valence-electron chi connectivity index (χ2n) is 8.16. The molecule has 164 valence electrons.